The van der Waals surface area contributed by atoms with E-state index in [2.05, 4.69) is 6.92 Å². The van der Waals surface area contributed by atoms with E-state index in [0.29, 0.717) is 0 Å². The summed E-state index contributed by atoms with van der Waals surface area (Å²) in [7, 11) is 3.87. The smallest absolute Gasteiger partial charge is 0.304 e. The van der Waals surface area contributed by atoms with Crippen LogP contribution in [0.5, 0.6) is 0 Å². The molecule has 0 heterocycles. The molecular formula is C5H11Cl2NS. The van der Waals surface area contributed by atoms with Gasteiger partial charge in [0, 0.05) is 5.75 Å². The van der Waals surface area contributed by atoms with E-state index < -0.39 is 0 Å². The van der Waals surface area contributed by atoms with Crippen LogP contribution in [-0.2, 0) is 0 Å². The third-order valence-electron chi connectivity index (χ3n) is 0.615. The Hall–Kier alpha value is 0.600. The standard InChI is InChI=1S/C5H11ClNS.ClH/c1-4-8-5(6)7(2)3;/h4H2,1-3H3;1H/q+1;/p-1. The van der Waals surface area contributed by atoms with Gasteiger partial charge in [-0.3, -0.25) is 0 Å². The highest BCUT2D eigenvalue weighted by Gasteiger charge is 1.99. The highest BCUT2D eigenvalue weighted by Crippen LogP contribution is 2.04. The Bertz CT molecular complexity index is 99.1. The normalized spacial score (nSPS) is 8.00. The number of thioether (sulfide) groups is 1. The maximum absolute atomic E-state index is 5.72. The van der Waals surface area contributed by atoms with Gasteiger partial charge in [-0.2, -0.15) is 0 Å². The largest absolute Gasteiger partial charge is 1.00 e. The van der Waals surface area contributed by atoms with Crippen molar-refractivity contribution < 1.29 is 17.0 Å². The molecule has 0 radical (unpaired) electrons. The second-order valence-corrected chi connectivity index (χ2v) is 3.42. The fourth-order valence-corrected chi connectivity index (χ4v) is 1.07. The minimum absolute atomic E-state index is 0. The lowest BCUT2D eigenvalue weighted by Crippen LogP contribution is -3.00. The van der Waals surface area contributed by atoms with Crippen molar-refractivity contribution in [3.63, 3.8) is 0 Å². The number of hydrogen-bond donors (Lipinski definition) is 0. The van der Waals surface area contributed by atoms with Gasteiger partial charge in [-0.15, -0.1) is 0 Å². The molecule has 0 aromatic carbocycles. The van der Waals surface area contributed by atoms with Crippen LogP contribution in [0, 0.1) is 0 Å². The van der Waals surface area contributed by atoms with Crippen molar-refractivity contribution in [2.75, 3.05) is 19.8 Å². The summed E-state index contributed by atoms with van der Waals surface area (Å²) in [6, 6.07) is 0. The van der Waals surface area contributed by atoms with Crippen molar-refractivity contribution in [2.24, 2.45) is 0 Å². The van der Waals surface area contributed by atoms with Crippen molar-refractivity contribution in [3.8, 4) is 0 Å². The van der Waals surface area contributed by atoms with Gasteiger partial charge in [0.2, 0.25) is 0 Å². The number of halogens is 2. The van der Waals surface area contributed by atoms with Crippen LogP contribution in [-0.4, -0.2) is 28.9 Å². The lowest BCUT2D eigenvalue weighted by molar-refractivity contribution is -0.459. The van der Waals surface area contributed by atoms with E-state index in [9.17, 15) is 0 Å². The van der Waals surface area contributed by atoms with Crippen LogP contribution in [0.4, 0.5) is 0 Å². The highest BCUT2D eigenvalue weighted by molar-refractivity contribution is 8.16. The minimum atomic E-state index is 0. The van der Waals surface area contributed by atoms with Gasteiger partial charge in [-0.1, -0.05) is 6.92 Å². The van der Waals surface area contributed by atoms with Crippen LogP contribution < -0.4 is 12.4 Å². The average Bonchev–Trinajstić information content (AvgIpc) is 1.67. The summed E-state index contributed by atoms with van der Waals surface area (Å²) in [5.41, 5.74) is 0. The van der Waals surface area contributed by atoms with Gasteiger partial charge < -0.3 is 12.4 Å². The molecule has 0 bridgehead atoms. The zero-order valence-corrected chi connectivity index (χ0v) is 8.15. The fraction of sp³-hybridized carbons (Fsp3) is 0.800. The third kappa shape index (κ3) is 6.49. The van der Waals surface area contributed by atoms with Gasteiger partial charge in [0.05, 0.1) is 0 Å². The van der Waals surface area contributed by atoms with E-state index >= 15 is 0 Å². The third-order valence-corrected chi connectivity index (χ3v) is 2.17. The fourth-order valence-electron chi connectivity index (χ4n) is 0.248. The highest BCUT2D eigenvalue weighted by atomic mass is 35.5. The zero-order chi connectivity index (χ0) is 6.57. The minimum Gasteiger partial charge on any atom is -1.00 e. The summed E-state index contributed by atoms with van der Waals surface area (Å²) in [6.45, 7) is 2.08. The molecule has 0 fully saturated rings. The summed E-state index contributed by atoms with van der Waals surface area (Å²) < 4.78 is 2.75. The molecule has 0 aromatic rings. The molecule has 0 atom stereocenters. The topological polar surface area (TPSA) is 3.01 Å². The second-order valence-electron chi connectivity index (χ2n) is 1.58. The molecule has 0 amide bonds. The molecule has 0 aromatic heterocycles. The predicted molar refractivity (Wildman–Crippen MR) is 41.1 cm³/mol. The average molecular weight is 188 g/mol. The first kappa shape index (κ1) is 12.3. The summed E-state index contributed by atoms with van der Waals surface area (Å²) in [6.07, 6.45) is 0. The number of nitrogens with zero attached hydrogens (tertiary/aromatic N) is 1. The number of hydrogen-bond acceptors (Lipinski definition) is 1. The van der Waals surface area contributed by atoms with Gasteiger partial charge in [-0.05, 0) is 23.4 Å². The molecule has 56 valence electrons. The molecule has 0 rings (SSSR count). The van der Waals surface area contributed by atoms with Crippen LogP contribution in [0.25, 0.3) is 0 Å². The van der Waals surface area contributed by atoms with E-state index in [1.807, 2.05) is 18.7 Å². The molecule has 0 aliphatic rings. The number of rotatable bonds is 1. The SMILES string of the molecule is CCSC(Cl)=[N+](C)C.[Cl-]. The van der Waals surface area contributed by atoms with Crippen molar-refractivity contribution in [1.82, 2.24) is 0 Å². The second kappa shape index (κ2) is 6.72. The molecule has 1 nitrogen and oxygen atoms in total. The van der Waals surface area contributed by atoms with Crippen molar-refractivity contribution in [1.29, 1.82) is 0 Å². The van der Waals surface area contributed by atoms with E-state index in [4.69, 9.17) is 11.6 Å². The summed E-state index contributed by atoms with van der Waals surface area (Å²) in [5, 5.41) is 0. The van der Waals surface area contributed by atoms with Crippen LogP contribution in [0.1, 0.15) is 6.92 Å². The molecular weight excluding hydrogens is 177 g/mol. The molecule has 0 saturated carbocycles. The monoisotopic (exact) mass is 187 g/mol. The van der Waals surface area contributed by atoms with Gasteiger partial charge in [0.1, 0.15) is 14.1 Å². The summed E-state index contributed by atoms with van der Waals surface area (Å²) in [5.74, 6) is 1.04. The van der Waals surface area contributed by atoms with Gasteiger partial charge in [0.25, 0.3) is 0 Å². The first-order chi connectivity index (χ1) is 3.68. The van der Waals surface area contributed by atoms with E-state index in [-0.39, 0.29) is 12.4 Å². The zero-order valence-electron chi connectivity index (χ0n) is 5.82. The van der Waals surface area contributed by atoms with E-state index in [1.165, 1.54) is 0 Å². The van der Waals surface area contributed by atoms with Crippen LogP contribution in [0.3, 0.4) is 0 Å². The van der Waals surface area contributed by atoms with E-state index in [1.54, 1.807) is 11.8 Å². The quantitative estimate of drug-likeness (QED) is 0.278. The first-order valence-corrected chi connectivity index (χ1v) is 3.87. The van der Waals surface area contributed by atoms with E-state index in [0.717, 1.165) is 10.3 Å². The lowest BCUT2D eigenvalue weighted by Gasteiger charge is -1.88. The molecule has 0 saturated heterocycles. The molecule has 0 aliphatic carbocycles. The molecule has 4 heteroatoms. The molecule has 9 heavy (non-hydrogen) atoms. The Balaban J connectivity index is 0. The maximum atomic E-state index is 5.72. The Morgan fingerprint density at radius 3 is 2.11 bits per heavy atom. The van der Waals surface area contributed by atoms with Gasteiger partial charge >= 0.3 is 4.50 Å². The first-order valence-electron chi connectivity index (χ1n) is 2.51. The Morgan fingerprint density at radius 2 is 2.00 bits per heavy atom. The summed E-state index contributed by atoms with van der Waals surface area (Å²) >= 11 is 7.37. The summed E-state index contributed by atoms with van der Waals surface area (Å²) in [4.78, 5) is 0. The van der Waals surface area contributed by atoms with Crippen molar-refractivity contribution in [3.05, 3.63) is 0 Å². The predicted octanol–water partition coefficient (Wildman–Crippen LogP) is -1.39. The van der Waals surface area contributed by atoms with Crippen LogP contribution in [0.2, 0.25) is 0 Å². The van der Waals surface area contributed by atoms with Gasteiger partial charge in [0.15, 0.2) is 0 Å². The Labute approximate surface area is 71.9 Å². The molecule has 0 N–H and O–H groups in total. The van der Waals surface area contributed by atoms with Gasteiger partial charge in [-0.25, -0.2) is 4.58 Å². The maximum Gasteiger partial charge on any atom is 0.304 e. The van der Waals surface area contributed by atoms with Crippen molar-refractivity contribution >= 4 is 27.9 Å². The van der Waals surface area contributed by atoms with Crippen molar-refractivity contribution in [2.45, 2.75) is 6.92 Å². The Morgan fingerprint density at radius 1 is 1.56 bits per heavy atom. The lowest BCUT2D eigenvalue weighted by atomic mass is 11.0. The Kier molecular flexibility index (Phi) is 9.17. The molecule has 0 unspecified atom stereocenters. The van der Waals surface area contributed by atoms with Crippen LogP contribution >= 0.6 is 23.4 Å². The molecule has 0 aliphatic heterocycles. The molecule has 0 spiro atoms. The van der Waals surface area contributed by atoms with Crippen LogP contribution in [0.15, 0.2) is 0 Å².